The van der Waals surface area contributed by atoms with Crippen LogP contribution in [0.3, 0.4) is 0 Å². The molecule has 92 valence electrons. The third-order valence-corrected chi connectivity index (χ3v) is 2.26. The summed E-state index contributed by atoms with van der Waals surface area (Å²) in [6.07, 6.45) is 1.03. The van der Waals surface area contributed by atoms with Gasteiger partial charge in [-0.1, -0.05) is 58.4 Å². The molecular formula is C14H23ClO. The number of rotatable bonds is 3. The first kappa shape index (κ1) is 15.3. The van der Waals surface area contributed by atoms with Crippen LogP contribution in [-0.4, -0.2) is 6.61 Å². The minimum Gasteiger partial charge on any atom is -0.492 e. The van der Waals surface area contributed by atoms with Crippen molar-refractivity contribution in [3.05, 3.63) is 29.3 Å². The highest BCUT2D eigenvalue weighted by molar-refractivity contribution is 6.32. The van der Waals surface area contributed by atoms with Crippen molar-refractivity contribution >= 4 is 11.6 Å². The van der Waals surface area contributed by atoms with Gasteiger partial charge in [0.1, 0.15) is 5.75 Å². The molecule has 2 heteroatoms. The highest BCUT2D eigenvalue weighted by Crippen LogP contribution is 2.25. The Kier molecular flexibility index (Phi) is 7.24. The summed E-state index contributed by atoms with van der Waals surface area (Å²) in [4.78, 5) is 0. The normalized spacial score (nSPS) is 10.4. The molecule has 0 aliphatic carbocycles. The van der Waals surface area contributed by atoms with Crippen LogP contribution in [0.1, 0.15) is 41.0 Å². The average Bonchev–Trinajstić information content (AvgIpc) is 2.22. The Labute approximate surface area is 105 Å². The largest absolute Gasteiger partial charge is 0.492 e. The zero-order valence-electron chi connectivity index (χ0n) is 11.0. The van der Waals surface area contributed by atoms with Crippen LogP contribution in [0.5, 0.6) is 5.75 Å². The Bertz CT molecular complexity index is 289. The molecule has 0 amide bonds. The van der Waals surface area contributed by atoms with E-state index in [1.54, 1.807) is 0 Å². The third kappa shape index (κ3) is 6.73. The summed E-state index contributed by atoms with van der Waals surface area (Å²) in [7, 11) is 0. The van der Waals surface area contributed by atoms with E-state index in [2.05, 4.69) is 20.8 Å². The van der Waals surface area contributed by atoms with Gasteiger partial charge >= 0.3 is 0 Å². The van der Waals surface area contributed by atoms with Crippen molar-refractivity contribution in [3.63, 3.8) is 0 Å². The molecule has 0 unspecified atom stereocenters. The van der Waals surface area contributed by atoms with Crippen LogP contribution in [0, 0.1) is 5.41 Å². The van der Waals surface area contributed by atoms with Crippen molar-refractivity contribution in [1.29, 1.82) is 0 Å². The second-order valence-electron chi connectivity index (χ2n) is 4.59. The van der Waals surface area contributed by atoms with Gasteiger partial charge in [0.15, 0.2) is 0 Å². The number of ether oxygens (including phenoxy) is 1. The van der Waals surface area contributed by atoms with Gasteiger partial charge in [0, 0.05) is 0 Å². The lowest BCUT2D eigenvalue weighted by atomic mass is 9.93. The minimum atomic E-state index is 0.307. The monoisotopic (exact) mass is 242 g/mol. The SMILES string of the molecule is CC.CC(C)(C)CCOc1ccccc1Cl. The summed E-state index contributed by atoms with van der Waals surface area (Å²) in [6.45, 7) is 11.3. The first-order valence-corrected chi connectivity index (χ1v) is 6.24. The van der Waals surface area contributed by atoms with Gasteiger partial charge in [0.2, 0.25) is 0 Å². The molecule has 1 rings (SSSR count). The summed E-state index contributed by atoms with van der Waals surface area (Å²) in [5.74, 6) is 0.776. The second-order valence-corrected chi connectivity index (χ2v) is 5.00. The van der Waals surface area contributed by atoms with E-state index in [0.29, 0.717) is 17.0 Å². The van der Waals surface area contributed by atoms with E-state index in [1.165, 1.54) is 0 Å². The molecule has 1 aromatic carbocycles. The van der Waals surface area contributed by atoms with Gasteiger partial charge in [0.25, 0.3) is 0 Å². The van der Waals surface area contributed by atoms with Crippen molar-refractivity contribution in [1.82, 2.24) is 0 Å². The smallest absolute Gasteiger partial charge is 0.137 e. The Hall–Kier alpha value is -0.690. The highest BCUT2D eigenvalue weighted by Gasteiger charge is 2.10. The van der Waals surface area contributed by atoms with Gasteiger partial charge in [-0.2, -0.15) is 0 Å². The first-order valence-electron chi connectivity index (χ1n) is 5.86. The van der Waals surface area contributed by atoms with Gasteiger partial charge in [-0.3, -0.25) is 0 Å². The van der Waals surface area contributed by atoms with Crippen LogP contribution in [0.4, 0.5) is 0 Å². The Morgan fingerprint density at radius 1 is 1.12 bits per heavy atom. The quantitative estimate of drug-likeness (QED) is 0.710. The fourth-order valence-corrected chi connectivity index (χ4v) is 1.22. The zero-order chi connectivity index (χ0) is 12.6. The van der Waals surface area contributed by atoms with Crippen LogP contribution in [0.25, 0.3) is 0 Å². The van der Waals surface area contributed by atoms with Crippen LogP contribution < -0.4 is 4.74 Å². The molecule has 0 aromatic heterocycles. The summed E-state index contributed by atoms with van der Waals surface area (Å²) in [5, 5.41) is 0.682. The molecule has 0 N–H and O–H groups in total. The standard InChI is InChI=1S/C12H17ClO.C2H6/c1-12(2,3)8-9-14-11-7-5-4-6-10(11)13;1-2/h4-7H,8-9H2,1-3H3;1-2H3. The molecule has 1 aromatic rings. The maximum absolute atomic E-state index is 5.95. The molecule has 0 saturated carbocycles. The number of benzene rings is 1. The fourth-order valence-electron chi connectivity index (χ4n) is 1.03. The lowest BCUT2D eigenvalue weighted by molar-refractivity contribution is 0.243. The van der Waals surface area contributed by atoms with E-state index >= 15 is 0 Å². The first-order chi connectivity index (χ1) is 7.49. The predicted molar refractivity (Wildman–Crippen MR) is 72.4 cm³/mol. The average molecular weight is 243 g/mol. The molecule has 0 saturated heterocycles. The van der Waals surface area contributed by atoms with Crippen molar-refractivity contribution in [2.45, 2.75) is 41.0 Å². The van der Waals surface area contributed by atoms with Crippen molar-refractivity contribution in [2.75, 3.05) is 6.61 Å². The molecule has 0 radical (unpaired) electrons. The molecule has 1 nitrogen and oxygen atoms in total. The van der Waals surface area contributed by atoms with E-state index in [0.717, 1.165) is 12.2 Å². The molecule has 0 atom stereocenters. The van der Waals surface area contributed by atoms with E-state index in [-0.39, 0.29) is 0 Å². The van der Waals surface area contributed by atoms with Gasteiger partial charge in [-0.05, 0) is 24.0 Å². The number of para-hydroxylation sites is 1. The third-order valence-electron chi connectivity index (χ3n) is 1.95. The molecular weight excluding hydrogens is 220 g/mol. The molecule has 0 spiro atoms. The maximum Gasteiger partial charge on any atom is 0.137 e. The molecule has 0 aliphatic rings. The van der Waals surface area contributed by atoms with Gasteiger partial charge < -0.3 is 4.74 Å². The van der Waals surface area contributed by atoms with Crippen molar-refractivity contribution in [3.8, 4) is 5.75 Å². The molecule has 16 heavy (non-hydrogen) atoms. The highest BCUT2D eigenvalue weighted by atomic mass is 35.5. The van der Waals surface area contributed by atoms with Crippen molar-refractivity contribution in [2.24, 2.45) is 5.41 Å². The van der Waals surface area contributed by atoms with Gasteiger partial charge in [-0.15, -0.1) is 0 Å². The van der Waals surface area contributed by atoms with E-state index in [4.69, 9.17) is 16.3 Å². The van der Waals surface area contributed by atoms with Crippen LogP contribution >= 0.6 is 11.6 Å². The van der Waals surface area contributed by atoms with Gasteiger partial charge in [-0.25, -0.2) is 0 Å². The Morgan fingerprint density at radius 2 is 1.69 bits per heavy atom. The number of hydrogen-bond acceptors (Lipinski definition) is 1. The number of hydrogen-bond donors (Lipinski definition) is 0. The molecule has 0 fully saturated rings. The summed E-state index contributed by atoms with van der Waals surface area (Å²) in [6, 6.07) is 7.57. The lowest BCUT2D eigenvalue weighted by Crippen LogP contribution is -2.11. The second kappa shape index (κ2) is 7.56. The predicted octanol–water partition coefficient (Wildman–Crippen LogP) is 5.18. The van der Waals surface area contributed by atoms with Crippen LogP contribution in [0.15, 0.2) is 24.3 Å². The topological polar surface area (TPSA) is 9.23 Å². The summed E-state index contributed by atoms with van der Waals surface area (Å²) in [5.41, 5.74) is 0.307. The zero-order valence-corrected chi connectivity index (χ0v) is 11.8. The summed E-state index contributed by atoms with van der Waals surface area (Å²) >= 11 is 5.95. The lowest BCUT2D eigenvalue weighted by Gasteiger charge is -2.18. The molecule has 0 bridgehead atoms. The van der Waals surface area contributed by atoms with Crippen molar-refractivity contribution < 1.29 is 4.74 Å². The van der Waals surface area contributed by atoms with E-state index in [1.807, 2.05) is 38.1 Å². The summed E-state index contributed by atoms with van der Waals surface area (Å²) < 4.78 is 5.58. The number of halogens is 1. The van der Waals surface area contributed by atoms with Gasteiger partial charge in [0.05, 0.1) is 11.6 Å². The van der Waals surface area contributed by atoms with E-state index < -0.39 is 0 Å². The molecule has 0 heterocycles. The Morgan fingerprint density at radius 3 is 2.19 bits per heavy atom. The Balaban J connectivity index is 0.00000106. The van der Waals surface area contributed by atoms with Crippen LogP contribution in [-0.2, 0) is 0 Å². The minimum absolute atomic E-state index is 0.307. The van der Waals surface area contributed by atoms with Crippen LogP contribution in [0.2, 0.25) is 5.02 Å². The molecule has 0 aliphatic heterocycles. The fraction of sp³-hybridized carbons (Fsp3) is 0.571. The van der Waals surface area contributed by atoms with E-state index in [9.17, 15) is 0 Å². The maximum atomic E-state index is 5.95.